The summed E-state index contributed by atoms with van der Waals surface area (Å²) in [6, 6.07) is 22.4. The van der Waals surface area contributed by atoms with E-state index in [1.54, 1.807) is 12.0 Å². The monoisotopic (exact) mass is 400 g/mol. The SMILES string of the molecule is COc1ccc(C(CC(=O)Nc2ccccc2C)N2Cc3ccccc3C2=O)cc1. The number of carbonyl (C=O) groups is 2. The van der Waals surface area contributed by atoms with E-state index in [1.807, 2.05) is 79.7 Å². The van der Waals surface area contributed by atoms with Crippen LogP contribution in [0.4, 0.5) is 5.69 Å². The van der Waals surface area contributed by atoms with Crippen LogP contribution in [-0.4, -0.2) is 23.8 Å². The number of hydrogen-bond donors (Lipinski definition) is 1. The van der Waals surface area contributed by atoms with E-state index < -0.39 is 0 Å². The number of carbonyl (C=O) groups excluding carboxylic acids is 2. The molecule has 0 fully saturated rings. The number of benzene rings is 3. The minimum absolute atomic E-state index is 0.0462. The lowest BCUT2D eigenvalue weighted by atomic mass is 10.0. The number of para-hydroxylation sites is 1. The van der Waals surface area contributed by atoms with Crippen LogP contribution in [-0.2, 0) is 11.3 Å². The van der Waals surface area contributed by atoms with Gasteiger partial charge in [-0.15, -0.1) is 0 Å². The maximum absolute atomic E-state index is 13.1. The molecule has 1 N–H and O–H groups in total. The van der Waals surface area contributed by atoms with E-state index in [-0.39, 0.29) is 24.3 Å². The van der Waals surface area contributed by atoms with Gasteiger partial charge in [0.05, 0.1) is 19.6 Å². The predicted octanol–water partition coefficient (Wildman–Crippen LogP) is 4.73. The molecule has 0 radical (unpaired) electrons. The second-order valence-electron chi connectivity index (χ2n) is 7.45. The van der Waals surface area contributed by atoms with Crippen LogP contribution in [0.25, 0.3) is 0 Å². The van der Waals surface area contributed by atoms with E-state index in [0.717, 1.165) is 28.1 Å². The number of nitrogens with one attached hydrogen (secondary N) is 1. The van der Waals surface area contributed by atoms with Crippen LogP contribution in [0.2, 0.25) is 0 Å². The number of anilines is 1. The fraction of sp³-hybridized carbons (Fsp3) is 0.200. The van der Waals surface area contributed by atoms with Crippen LogP contribution in [0.1, 0.15) is 39.5 Å². The average molecular weight is 400 g/mol. The van der Waals surface area contributed by atoms with Crippen LogP contribution < -0.4 is 10.1 Å². The van der Waals surface area contributed by atoms with Crippen LogP contribution in [0, 0.1) is 6.92 Å². The van der Waals surface area contributed by atoms with Gasteiger partial charge in [-0.25, -0.2) is 0 Å². The summed E-state index contributed by atoms with van der Waals surface area (Å²) in [6.07, 6.45) is 0.167. The van der Waals surface area contributed by atoms with E-state index in [4.69, 9.17) is 4.74 Å². The molecule has 0 bridgehead atoms. The second kappa shape index (κ2) is 8.41. The molecule has 3 aromatic carbocycles. The van der Waals surface area contributed by atoms with Gasteiger partial charge in [-0.2, -0.15) is 0 Å². The fourth-order valence-electron chi connectivity index (χ4n) is 3.85. The van der Waals surface area contributed by atoms with Gasteiger partial charge in [0.2, 0.25) is 5.91 Å². The Labute approximate surface area is 176 Å². The van der Waals surface area contributed by atoms with Crippen LogP contribution in [0.15, 0.2) is 72.8 Å². The highest BCUT2D eigenvalue weighted by Gasteiger charge is 2.34. The van der Waals surface area contributed by atoms with Crippen molar-refractivity contribution in [3.63, 3.8) is 0 Å². The molecule has 1 aliphatic rings. The predicted molar refractivity (Wildman–Crippen MR) is 116 cm³/mol. The smallest absolute Gasteiger partial charge is 0.255 e. The maximum Gasteiger partial charge on any atom is 0.255 e. The number of aryl methyl sites for hydroxylation is 1. The van der Waals surface area contributed by atoms with Gasteiger partial charge >= 0.3 is 0 Å². The fourth-order valence-corrected chi connectivity index (χ4v) is 3.85. The average Bonchev–Trinajstić information content (AvgIpc) is 3.10. The number of nitrogens with zero attached hydrogens (tertiary/aromatic N) is 1. The Balaban J connectivity index is 1.61. The topological polar surface area (TPSA) is 58.6 Å². The van der Waals surface area contributed by atoms with Crippen molar-refractivity contribution in [3.05, 3.63) is 95.1 Å². The number of ether oxygens (including phenoxy) is 1. The van der Waals surface area contributed by atoms with E-state index in [2.05, 4.69) is 5.32 Å². The summed E-state index contributed by atoms with van der Waals surface area (Å²) in [5.41, 5.74) is 4.37. The van der Waals surface area contributed by atoms with Crippen molar-refractivity contribution in [1.82, 2.24) is 4.90 Å². The number of hydrogen-bond acceptors (Lipinski definition) is 3. The molecule has 1 heterocycles. The van der Waals surface area contributed by atoms with E-state index >= 15 is 0 Å². The Bertz CT molecular complexity index is 1080. The molecule has 0 aliphatic carbocycles. The Kier molecular flexibility index (Phi) is 5.53. The molecular formula is C25H24N2O3. The Morgan fingerprint density at radius 1 is 1.03 bits per heavy atom. The lowest BCUT2D eigenvalue weighted by Crippen LogP contribution is -2.32. The molecule has 5 nitrogen and oxygen atoms in total. The van der Waals surface area contributed by atoms with Crippen molar-refractivity contribution in [1.29, 1.82) is 0 Å². The largest absolute Gasteiger partial charge is 0.497 e. The van der Waals surface area contributed by atoms with Crippen molar-refractivity contribution in [2.24, 2.45) is 0 Å². The lowest BCUT2D eigenvalue weighted by Gasteiger charge is -2.28. The molecule has 3 aromatic rings. The first kappa shape index (κ1) is 19.7. The molecule has 2 amide bonds. The van der Waals surface area contributed by atoms with E-state index in [0.29, 0.717) is 12.1 Å². The van der Waals surface area contributed by atoms with Crippen molar-refractivity contribution >= 4 is 17.5 Å². The normalized spacial score (nSPS) is 13.7. The maximum atomic E-state index is 13.1. The van der Waals surface area contributed by atoms with Gasteiger partial charge < -0.3 is 15.0 Å². The quantitative estimate of drug-likeness (QED) is 0.651. The first-order chi connectivity index (χ1) is 14.6. The lowest BCUT2D eigenvalue weighted by molar-refractivity contribution is -0.117. The molecule has 1 unspecified atom stereocenters. The van der Waals surface area contributed by atoms with Crippen molar-refractivity contribution < 1.29 is 14.3 Å². The zero-order chi connectivity index (χ0) is 21.1. The molecule has 30 heavy (non-hydrogen) atoms. The first-order valence-electron chi connectivity index (χ1n) is 9.95. The first-order valence-corrected chi connectivity index (χ1v) is 9.95. The summed E-state index contributed by atoms with van der Waals surface area (Å²) < 4.78 is 5.26. The molecule has 1 aliphatic heterocycles. The molecule has 152 valence electrons. The molecule has 0 aromatic heterocycles. The third-order valence-corrected chi connectivity index (χ3v) is 5.52. The molecule has 1 atom stereocenters. The summed E-state index contributed by atoms with van der Waals surface area (Å²) in [5.74, 6) is 0.557. The van der Waals surface area contributed by atoms with E-state index in [9.17, 15) is 9.59 Å². The van der Waals surface area contributed by atoms with Crippen LogP contribution in [0.3, 0.4) is 0 Å². The molecule has 0 saturated carbocycles. The molecular weight excluding hydrogens is 376 g/mol. The number of rotatable bonds is 6. The van der Waals surface area contributed by atoms with Crippen molar-refractivity contribution in [3.8, 4) is 5.75 Å². The second-order valence-corrected chi connectivity index (χ2v) is 7.45. The van der Waals surface area contributed by atoms with E-state index in [1.165, 1.54) is 0 Å². The van der Waals surface area contributed by atoms with Gasteiger partial charge in [0, 0.05) is 17.8 Å². The van der Waals surface area contributed by atoms with Crippen LogP contribution >= 0.6 is 0 Å². The molecule has 0 saturated heterocycles. The third kappa shape index (κ3) is 3.92. The van der Waals surface area contributed by atoms with Crippen molar-refractivity contribution in [2.45, 2.75) is 25.9 Å². The van der Waals surface area contributed by atoms with Gasteiger partial charge in [0.1, 0.15) is 5.75 Å². The summed E-state index contributed by atoms with van der Waals surface area (Å²) in [7, 11) is 1.61. The minimum Gasteiger partial charge on any atom is -0.497 e. The highest BCUT2D eigenvalue weighted by atomic mass is 16.5. The molecule has 4 rings (SSSR count). The van der Waals surface area contributed by atoms with Gasteiger partial charge in [0.15, 0.2) is 0 Å². The van der Waals surface area contributed by atoms with Gasteiger partial charge in [-0.05, 0) is 47.9 Å². The summed E-state index contributed by atoms with van der Waals surface area (Å²) in [5, 5.41) is 2.99. The number of fused-ring (bicyclic) bond motifs is 1. The zero-order valence-electron chi connectivity index (χ0n) is 17.1. The third-order valence-electron chi connectivity index (χ3n) is 5.52. The summed E-state index contributed by atoms with van der Waals surface area (Å²) >= 11 is 0. The number of methoxy groups -OCH3 is 1. The molecule has 5 heteroatoms. The standard InChI is InChI=1S/C25H24N2O3/c1-17-7-3-6-10-22(17)26-24(28)15-23(18-11-13-20(30-2)14-12-18)27-16-19-8-4-5-9-21(19)25(27)29/h3-14,23H,15-16H2,1-2H3,(H,26,28). The Morgan fingerprint density at radius 3 is 2.43 bits per heavy atom. The van der Waals surface area contributed by atoms with Gasteiger partial charge in [-0.3, -0.25) is 9.59 Å². The van der Waals surface area contributed by atoms with Gasteiger partial charge in [0.25, 0.3) is 5.91 Å². The Hall–Kier alpha value is -3.60. The van der Waals surface area contributed by atoms with Crippen LogP contribution in [0.5, 0.6) is 5.75 Å². The zero-order valence-corrected chi connectivity index (χ0v) is 17.1. The van der Waals surface area contributed by atoms with Gasteiger partial charge in [-0.1, -0.05) is 48.5 Å². The van der Waals surface area contributed by atoms with Crippen molar-refractivity contribution in [2.75, 3.05) is 12.4 Å². The molecule has 0 spiro atoms. The highest BCUT2D eigenvalue weighted by molar-refractivity contribution is 5.99. The summed E-state index contributed by atoms with van der Waals surface area (Å²) in [4.78, 5) is 27.8. The Morgan fingerprint density at radius 2 is 1.73 bits per heavy atom. The minimum atomic E-state index is -0.375. The number of amides is 2. The summed E-state index contributed by atoms with van der Waals surface area (Å²) in [6.45, 7) is 2.44. The highest BCUT2D eigenvalue weighted by Crippen LogP contribution is 2.34.